The minimum atomic E-state index is 0. The third-order valence-electron chi connectivity index (χ3n) is 3.24. The van der Waals surface area contributed by atoms with E-state index in [2.05, 4.69) is 9.98 Å². The zero-order chi connectivity index (χ0) is 14.2. The van der Waals surface area contributed by atoms with Gasteiger partial charge >= 0.3 is 16.8 Å². The number of benzene rings is 1. The Morgan fingerprint density at radius 1 is 1.23 bits per heavy atom. The van der Waals surface area contributed by atoms with E-state index in [0.29, 0.717) is 23.2 Å². The van der Waals surface area contributed by atoms with Crippen molar-refractivity contribution in [1.82, 2.24) is 10.5 Å². The largest absolute Gasteiger partial charge is 2.00 e. The molecular weight excluding hydrogens is 353 g/mol. The number of hydrogen-bond donors (Lipinski definition) is 2. The molecular formula is C13H11CoN3O4S+2. The molecule has 2 aliphatic rings. The standard InChI is InChI=1S/C13H11N3O4S.Co/c17-15-5-14-13-16-12-7-3-9-10(20-6-19-9)4-8(7)18-2-1-11(12)21-13;/h3-5,17H,1-2,6H2,(H,14,15,16);/q;+2. The average Bonchev–Trinajstić information content (AvgIpc) is 3.07. The molecule has 7 nitrogen and oxygen atoms in total. The maximum absolute atomic E-state index is 8.57. The summed E-state index contributed by atoms with van der Waals surface area (Å²) in [5.74, 6) is 2.12. The van der Waals surface area contributed by atoms with Crippen LogP contribution in [0.1, 0.15) is 4.88 Å². The summed E-state index contributed by atoms with van der Waals surface area (Å²) in [7, 11) is 0. The number of aliphatic imine (C=N–C) groups is 1. The minimum absolute atomic E-state index is 0. The monoisotopic (exact) mass is 364 g/mol. The van der Waals surface area contributed by atoms with Crippen LogP contribution >= 0.6 is 11.3 Å². The van der Waals surface area contributed by atoms with Crippen LogP contribution in [0.15, 0.2) is 17.1 Å². The van der Waals surface area contributed by atoms with Gasteiger partial charge in [0.2, 0.25) is 11.9 Å². The molecule has 2 aromatic rings. The molecule has 0 aliphatic carbocycles. The normalized spacial score (nSPS) is 14.6. The molecule has 0 amide bonds. The smallest absolute Gasteiger partial charge is 0.492 e. The van der Waals surface area contributed by atoms with Crippen LogP contribution in [0.3, 0.4) is 0 Å². The van der Waals surface area contributed by atoms with Gasteiger partial charge in [-0.3, -0.25) is 10.7 Å². The fraction of sp³-hybridized carbons (Fsp3) is 0.231. The molecule has 0 saturated carbocycles. The number of aromatic nitrogens is 1. The molecule has 115 valence electrons. The summed E-state index contributed by atoms with van der Waals surface area (Å²) in [4.78, 5) is 9.63. The molecule has 9 heteroatoms. The van der Waals surface area contributed by atoms with Crippen molar-refractivity contribution in [3.63, 3.8) is 0 Å². The van der Waals surface area contributed by atoms with E-state index in [1.807, 2.05) is 17.6 Å². The van der Waals surface area contributed by atoms with E-state index in [4.69, 9.17) is 19.4 Å². The van der Waals surface area contributed by atoms with Crippen LogP contribution in [0.2, 0.25) is 0 Å². The molecule has 2 N–H and O–H groups in total. The van der Waals surface area contributed by atoms with Crippen molar-refractivity contribution in [2.75, 3.05) is 13.4 Å². The van der Waals surface area contributed by atoms with Crippen molar-refractivity contribution in [1.29, 1.82) is 0 Å². The fourth-order valence-corrected chi connectivity index (χ4v) is 3.24. The summed E-state index contributed by atoms with van der Waals surface area (Å²) in [6.45, 7) is 0.795. The van der Waals surface area contributed by atoms with Gasteiger partial charge in [-0.05, 0) is 6.07 Å². The maximum Gasteiger partial charge on any atom is 2.00 e. The molecule has 0 bridgehead atoms. The van der Waals surface area contributed by atoms with Crippen LogP contribution < -0.4 is 19.7 Å². The van der Waals surface area contributed by atoms with E-state index in [1.54, 1.807) is 0 Å². The molecule has 1 aromatic carbocycles. The molecule has 0 spiro atoms. The predicted octanol–water partition coefficient (Wildman–Crippen LogP) is 2.11. The summed E-state index contributed by atoms with van der Waals surface area (Å²) in [5.41, 5.74) is 3.60. The third kappa shape index (κ3) is 2.52. The molecule has 0 unspecified atom stereocenters. The van der Waals surface area contributed by atoms with Crippen LogP contribution in [0, 0.1) is 0 Å². The van der Waals surface area contributed by atoms with Crippen molar-refractivity contribution in [3.8, 4) is 28.5 Å². The van der Waals surface area contributed by atoms with Crippen LogP contribution in [-0.4, -0.2) is 29.9 Å². The van der Waals surface area contributed by atoms with Crippen molar-refractivity contribution in [2.24, 2.45) is 4.99 Å². The minimum Gasteiger partial charge on any atom is -0.492 e. The van der Waals surface area contributed by atoms with Crippen molar-refractivity contribution < 1.29 is 36.2 Å². The van der Waals surface area contributed by atoms with E-state index >= 15 is 0 Å². The van der Waals surface area contributed by atoms with Crippen molar-refractivity contribution in [3.05, 3.63) is 17.0 Å². The Balaban J connectivity index is 0.00000144. The number of nitrogens with one attached hydrogen (secondary N) is 1. The van der Waals surface area contributed by atoms with Gasteiger partial charge in [-0.25, -0.2) is 9.98 Å². The van der Waals surface area contributed by atoms with Crippen LogP contribution in [-0.2, 0) is 23.2 Å². The number of thiazole rings is 1. The third-order valence-corrected chi connectivity index (χ3v) is 4.26. The van der Waals surface area contributed by atoms with Gasteiger partial charge in [-0.2, -0.15) is 0 Å². The van der Waals surface area contributed by atoms with E-state index in [9.17, 15) is 0 Å². The SMILES string of the molecule is ON/C=N\c1nc2c(s1)CCOc1cc3c(cc1-2)OCO3.[Co+2]. The second-order valence-electron chi connectivity index (χ2n) is 4.46. The zero-order valence-electron chi connectivity index (χ0n) is 11.2. The molecule has 3 heterocycles. The summed E-state index contributed by atoms with van der Waals surface area (Å²) < 4.78 is 16.6. The number of hydrogen-bond acceptors (Lipinski definition) is 7. The Morgan fingerprint density at radius 3 is 2.86 bits per heavy atom. The van der Waals surface area contributed by atoms with E-state index in [-0.39, 0.29) is 23.6 Å². The van der Waals surface area contributed by atoms with Crippen molar-refractivity contribution >= 4 is 22.8 Å². The topological polar surface area (TPSA) is 85.2 Å². The van der Waals surface area contributed by atoms with Gasteiger partial charge in [0.1, 0.15) is 12.1 Å². The summed E-state index contributed by atoms with van der Waals surface area (Å²) >= 11 is 1.47. The first-order valence-electron chi connectivity index (χ1n) is 6.34. The molecule has 0 saturated heterocycles. The Kier molecular flexibility index (Phi) is 4.20. The first kappa shape index (κ1) is 15.1. The fourth-order valence-electron chi connectivity index (χ4n) is 2.34. The summed E-state index contributed by atoms with van der Waals surface area (Å²) in [5, 5.41) is 9.14. The predicted molar refractivity (Wildman–Crippen MR) is 75.9 cm³/mol. The molecule has 0 atom stereocenters. The average molecular weight is 364 g/mol. The molecule has 0 fully saturated rings. The number of nitrogens with zero attached hydrogens (tertiary/aromatic N) is 2. The van der Waals surface area contributed by atoms with E-state index in [0.717, 1.165) is 28.3 Å². The molecule has 4 rings (SSSR count). The second-order valence-corrected chi connectivity index (χ2v) is 5.52. The first-order chi connectivity index (χ1) is 10.3. The van der Waals surface area contributed by atoms with Gasteiger partial charge in [0.05, 0.1) is 12.3 Å². The van der Waals surface area contributed by atoms with Gasteiger partial charge < -0.3 is 14.2 Å². The number of rotatable bonds is 2. The maximum atomic E-state index is 8.57. The number of hydroxylamine groups is 1. The van der Waals surface area contributed by atoms with Gasteiger partial charge in [0, 0.05) is 22.9 Å². The molecule has 1 aromatic heterocycles. The number of ether oxygens (including phenoxy) is 3. The first-order valence-corrected chi connectivity index (χ1v) is 7.15. The Bertz CT molecular complexity index is 734. The Morgan fingerprint density at radius 2 is 2.05 bits per heavy atom. The van der Waals surface area contributed by atoms with Crippen LogP contribution in [0.4, 0.5) is 5.13 Å². The van der Waals surface area contributed by atoms with Gasteiger partial charge in [0.25, 0.3) is 0 Å². The summed E-state index contributed by atoms with van der Waals surface area (Å²) in [6.07, 6.45) is 1.95. The molecule has 1 radical (unpaired) electrons. The number of fused-ring (bicyclic) bond motifs is 4. The van der Waals surface area contributed by atoms with Gasteiger partial charge in [-0.1, -0.05) is 11.3 Å². The Hall–Kier alpha value is -1.81. The van der Waals surface area contributed by atoms with Crippen molar-refractivity contribution in [2.45, 2.75) is 6.42 Å². The Labute approximate surface area is 140 Å². The van der Waals surface area contributed by atoms with Gasteiger partial charge in [-0.15, -0.1) is 0 Å². The quantitative estimate of drug-likeness (QED) is 0.482. The molecule has 22 heavy (non-hydrogen) atoms. The van der Waals surface area contributed by atoms with Gasteiger partial charge in [0.15, 0.2) is 11.5 Å². The zero-order valence-corrected chi connectivity index (χ0v) is 13.0. The van der Waals surface area contributed by atoms with E-state index < -0.39 is 0 Å². The van der Waals surface area contributed by atoms with Crippen LogP contribution in [0.5, 0.6) is 17.2 Å². The summed E-state index contributed by atoms with van der Waals surface area (Å²) in [6, 6.07) is 3.73. The van der Waals surface area contributed by atoms with Crippen LogP contribution in [0.25, 0.3) is 11.3 Å². The molecule has 2 aliphatic heterocycles. The second kappa shape index (κ2) is 6.13. The van der Waals surface area contributed by atoms with E-state index in [1.165, 1.54) is 17.7 Å².